The predicted octanol–water partition coefficient (Wildman–Crippen LogP) is 3.41. The Bertz CT molecular complexity index is 1110. The molecule has 26 heavy (non-hydrogen) atoms. The van der Waals surface area contributed by atoms with Crippen molar-refractivity contribution < 1.29 is 4.79 Å². The molecule has 0 atom stereocenters. The first-order valence-corrected chi connectivity index (χ1v) is 8.54. The number of fused-ring (bicyclic) bond motifs is 1. The van der Waals surface area contributed by atoms with Crippen LogP contribution in [0, 0.1) is 0 Å². The van der Waals surface area contributed by atoms with Gasteiger partial charge in [0, 0.05) is 23.1 Å². The Labute approximate surface area is 149 Å². The molecule has 1 aromatic carbocycles. The third-order valence-corrected chi connectivity index (χ3v) is 4.57. The molecule has 2 N–H and O–H groups in total. The average molecular weight is 344 g/mol. The summed E-state index contributed by atoms with van der Waals surface area (Å²) in [5.74, 6) is 1.02. The molecule has 128 valence electrons. The summed E-state index contributed by atoms with van der Waals surface area (Å²) in [5, 5.41) is 12.0. The van der Waals surface area contributed by atoms with Crippen molar-refractivity contribution in [2.75, 3.05) is 5.32 Å². The molecule has 1 amide bonds. The van der Waals surface area contributed by atoms with Crippen molar-refractivity contribution in [3.8, 4) is 11.5 Å². The van der Waals surface area contributed by atoms with Gasteiger partial charge >= 0.3 is 0 Å². The van der Waals surface area contributed by atoms with E-state index in [2.05, 4.69) is 25.5 Å². The number of para-hydroxylation sites is 1. The normalized spacial score (nSPS) is 13.8. The van der Waals surface area contributed by atoms with Crippen molar-refractivity contribution >= 4 is 22.6 Å². The first-order chi connectivity index (χ1) is 12.8. The first-order valence-electron chi connectivity index (χ1n) is 8.54. The zero-order chi connectivity index (χ0) is 17.5. The highest BCUT2D eigenvalue weighted by Gasteiger charge is 2.27. The number of nitrogens with zero attached hydrogens (tertiary/aromatic N) is 4. The number of H-pyrrole nitrogens is 1. The highest BCUT2D eigenvalue weighted by Crippen LogP contribution is 2.37. The fourth-order valence-electron chi connectivity index (χ4n) is 3.12. The molecule has 0 spiro atoms. The number of aromatic nitrogens is 5. The fraction of sp³-hybridized carbons (Fsp3) is 0.158. The lowest BCUT2D eigenvalue weighted by Crippen LogP contribution is -2.12. The summed E-state index contributed by atoms with van der Waals surface area (Å²) in [6, 6.07) is 13.7. The van der Waals surface area contributed by atoms with Gasteiger partial charge < -0.3 is 14.9 Å². The molecule has 4 aromatic rings. The van der Waals surface area contributed by atoms with Crippen molar-refractivity contribution in [1.82, 2.24) is 24.7 Å². The van der Waals surface area contributed by atoms with Gasteiger partial charge in [0.05, 0.1) is 5.56 Å². The van der Waals surface area contributed by atoms with Crippen LogP contribution in [-0.2, 0) is 0 Å². The number of pyridine rings is 1. The second-order valence-corrected chi connectivity index (χ2v) is 6.40. The third kappa shape index (κ3) is 2.54. The zero-order valence-electron chi connectivity index (χ0n) is 13.9. The molecule has 3 heterocycles. The number of nitrogens with one attached hydrogen (secondary N) is 2. The van der Waals surface area contributed by atoms with Gasteiger partial charge in [0.2, 0.25) is 0 Å². The van der Waals surface area contributed by atoms with E-state index >= 15 is 0 Å². The van der Waals surface area contributed by atoms with E-state index in [0.717, 1.165) is 29.6 Å². The van der Waals surface area contributed by atoms with Gasteiger partial charge in [-0.2, -0.15) is 0 Å². The minimum atomic E-state index is -0.198. The zero-order valence-corrected chi connectivity index (χ0v) is 13.9. The number of aromatic amines is 1. The molecular weight excluding hydrogens is 328 g/mol. The number of carbonyl (C=O) groups excluding carboxylic acids is 1. The summed E-state index contributed by atoms with van der Waals surface area (Å²) in [4.78, 5) is 20.3. The van der Waals surface area contributed by atoms with E-state index in [1.807, 2.05) is 41.0 Å². The maximum atomic E-state index is 12.7. The molecule has 1 fully saturated rings. The molecule has 7 heteroatoms. The Morgan fingerprint density at radius 3 is 2.92 bits per heavy atom. The molecule has 0 bridgehead atoms. The molecule has 0 saturated heterocycles. The van der Waals surface area contributed by atoms with Gasteiger partial charge in [-0.25, -0.2) is 4.98 Å². The number of rotatable bonds is 4. The Kier molecular flexibility index (Phi) is 3.31. The van der Waals surface area contributed by atoms with Crippen LogP contribution in [-0.4, -0.2) is 30.6 Å². The van der Waals surface area contributed by atoms with Gasteiger partial charge in [-0.1, -0.05) is 24.3 Å². The van der Waals surface area contributed by atoms with E-state index in [1.54, 1.807) is 18.6 Å². The third-order valence-electron chi connectivity index (χ3n) is 4.57. The second kappa shape index (κ2) is 5.80. The molecule has 5 rings (SSSR count). The summed E-state index contributed by atoms with van der Waals surface area (Å²) >= 11 is 0. The van der Waals surface area contributed by atoms with Crippen LogP contribution in [0.25, 0.3) is 22.4 Å². The van der Waals surface area contributed by atoms with E-state index in [-0.39, 0.29) is 5.91 Å². The van der Waals surface area contributed by atoms with E-state index in [9.17, 15) is 4.79 Å². The molecule has 3 aromatic heterocycles. The van der Waals surface area contributed by atoms with Gasteiger partial charge in [-0.05, 0) is 31.0 Å². The van der Waals surface area contributed by atoms with Crippen LogP contribution in [0.3, 0.4) is 0 Å². The summed E-state index contributed by atoms with van der Waals surface area (Å²) in [6.07, 6.45) is 5.74. The van der Waals surface area contributed by atoms with Crippen LogP contribution < -0.4 is 5.32 Å². The minimum Gasteiger partial charge on any atom is -0.360 e. The monoisotopic (exact) mass is 344 g/mol. The largest absolute Gasteiger partial charge is 0.360 e. The number of hydrogen-bond donors (Lipinski definition) is 2. The molecule has 0 radical (unpaired) electrons. The quantitative estimate of drug-likeness (QED) is 0.594. The minimum absolute atomic E-state index is 0.198. The van der Waals surface area contributed by atoms with Crippen LogP contribution in [0.4, 0.5) is 5.82 Å². The lowest BCUT2D eigenvalue weighted by molar-refractivity contribution is 0.102. The Hall–Kier alpha value is -3.48. The molecular formula is C19H16N6O. The molecule has 0 unspecified atom stereocenters. The lowest BCUT2D eigenvalue weighted by atomic mass is 10.1. The number of benzene rings is 1. The summed E-state index contributed by atoms with van der Waals surface area (Å²) in [7, 11) is 0. The van der Waals surface area contributed by atoms with Crippen LogP contribution in [0.1, 0.15) is 29.2 Å². The second-order valence-electron chi connectivity index (χ2n) is 6.40. The van der Waals surface area contributed by atoms with Crippen LogP contribution >= 0.6 is 0 Å². The summed E-state index contributed by atoms with van der Waals surface area (Å²) in [6.45, 7) is 0. The van der Waals surface area contributed by atoms with E-state index in [1.165, 1.54) is 0 Å². The average Bonchev–Trinajstić information content (AvgIpc) is 3.23. The first kappa shape index (κ1) is 14.8. The molecule has 7 nitrogen and oxygen atoms in total. The molecule has 1 saturated carbocycles. The lowest BCUT2D eigenvalue weighted by Gasteiger charge is -2.07. The Morgan fingerprint density at radius 1 is 1.15 bits per heavy atom. The highest BCUT2D eigenvalue weighted by atomic mass is 16.1. The smallest absolute Gasteiger partial charge is 0.258 e. The topological polar surface area (TPSA) is 88.5 Å². The molecule has 0 aliphatic heterocycles. The maximum Gasteiger partial charge on any atom is 0.258 e. The summed E-state index contributed by atoms with van der Waals surface area (Å²) < 4.78 is 2.05. The number of hydrogen-bond acceptors (Lipinski definition) is 4. The van der Waals surface area contributed by atoms with Gasteiger partial charge in [0.1, 0.15) is 17.8 Å². The fourth-order valence-corrected chi connectivity index (χ4v) is 3.12. The van der Waals surface area contributed by atoms with Gasteiger partial charge in [0.15, 0.2) is 5.82 Å². The van der Waals surface area contributed by atoms with Gasteiger partial charge in [-0.15, -0.1) is 10.2 Å². The van der Waals surface area contributed by atoms with Crippen LogP contribution in [0.5, 0.6) is 0 Å². The predicted molar refractivity (Wildman–Crippen MR) is 97.8 cm³/mol. The van der Waals surface area contributed by atoms with Gasteiger partial charge in [-0.3, -0.25) is 4.79 Å². The maximum absolute atomic E-state index is 12.7. The number of carbonyl (C=O) groups is 1. The molecule has 1 aliphatic rings. The van der Waals surface area contributed by atoms with E-state index in [0.29, 0.717) is 23.1 Å². The van der Waals surface area contributed by atoms with Crippen LogP contribution in [0.15, 0.2) is 55.0 Å². The number of amides is 1. The van der Waals surface area contributed by atoms with Gasteiger partial charge in [0.25, 0.3) is 5.91 Å². The Morgan fingerprint density at radius 2 is 2.04 bits per heavy atom. The van der Waals surface area contributed by atoms with Crippen molar-refractivity contribution in [3.63, 3.8) is 0 Å². The molecule has 1 aliphatic carbocycles. The highest BCUT2D eigenvalue weighted by molar-refractivity contribution is 6.12. The van der Waals surface area contributed by atoms with Crippen molar-refractivity contribution in [3.05, 3.63) is 60.6 Å². The van der Waals surface area contributed by atoms with E-state index in [4.69, 9.17) is 0 Å². The van der Waals surface area contributed by atoms with Crippen molar-refractivity contribution in [1.29, 1.82) is 0 Å². The Balaban J connectivity index is 1.44. The number of anilines is 1. The SMILES string of the molecule is O=C(Nc1cccc(-c2nncn2C2CC2)n1)c1c[nH]c2ccccc12. The van der Waals surface area contributed by atoms with Crippen molar-refractivity contribution in [2.24, 2.45) is 0 Å². The standard InChI is InChI=1S/C19H16N6O/c26-19(14-10-20-15-5-2-1-4-13(14)15)23-17-7-3-6-16(22-17)18-24-21-11-25(18)12-8-9-12/h1-7,10-12,20H,8-9H2,(H,22,23,26). The summed E-state index contributed by atoms with van der Waals surface area (Å²) in [5.41, 5.74) is 2.22. The van der Waals surface area contributed by atoms with E-state index < -0.39 is 0 Å². The van der Waals surface area contributed by atoms with Crippen LogP contribution in [0.2, 0.25) is 0 Å². The van der Waals surface area contributed by atoms with Crippen molar-refractivity contribution in [2.45, 2.75) is 18.9 Å².